The molecule has 124 valence electrons. The standard InChI is InChI=1S/C14H18N4O4S/c1-14(2,3)16-10(19)7-15-11(20)8-18-13(21)22-12(17-18)9-5-4-6-23-9/h4-6H,7-8H2,1-3H3,(H,15,20)(H,16,19). The summed E-state index contributed by atoms with van der Waals surface area (Å²) in [6.45, 7) is 5.05. The van der Waals surface area contributed by atoms with Crippen molar-refractivity contribution in [3.63, 3.8) is 0 Å². The lowest BCUT2D eigenvalue weighted by Gasteiger charge is -2.20. The predicted octanol–water partition coefficient (Wildman–Crippen LogP) is 0.596. The van der Waals surface area contributed by atoms with Gasteiger partial charge in [0.1, 0.15) is 6.54 Å². The van der Waals surface area contributed by atoms with E-state index < -0.39 is 11.7 Å². The Morgan fingerprint density at radius 1 is 1.35 bits per heavy atom. The molecule has 0 aromatic carbocycles. The third-order valence-corrected chi connectivity index (χ3v) is 3.45. The van der Waals surface area contributed by atoms with Gasteiger partial charge in [0.15, 0.2) is 0 Å². The van der Waals surface area contributed by atoms with E-state index in [4.69, 9.17) is 4.42 Å². The molecule has 2 aromatic heterocycles. The van der Waals surface area contributed by atoms with Crippen molar-refractivity contribution in [2.45, 2.75) is 32.9 Å². The summed E-state index contributed by atoms with van der Waals surface area (Å²) in [6, 6.07) is 3.57. The molecule has 0 aliphatic rings. The number of amides is 2. The summed E-state index contributed by atoms with van der Waals surface area (Å²) in [4.78, 5) is 35.8. The second-order valence-electron chi connectivity index (χ2n) is 5.88. The normalized spacial score (nSPS) is 11.3. The van der Waals surface area contributed by atoms with Crippen molar-refractivity contribution in [1.29, 1.82) is 0 Å². The highest BCUT2D eigenvalue weighted by molar-refractivity contribution is 7.13. The van der Waals surface area contributed by atoms with Crippen molar-refractivity contribution in [3.8, 4) is 10.8 Å². The van der Waals surface area contributed by atoms with Gasteiger partial charge in [0.05, 0.1) is 11.4 Å². The third kappa shape index (κ3) is 5.06. The Balaban J connectivity index is 1.91. The largest absolute Gasteiger partial charge is 0.437 e. The lowest BCUT2D eigenvalue weighted by Crippen LogP contribution is -2.46. The SMILES string of the molecule is CC(C)(C)NC(=O)CNC(=O)Cn1nc(-c2cccs2)oc1=O. The number of nitrogens with zero attached hydrogens (tertiary/aromatic N) is 2. The molecule has 0 aliphatic carbocycles. The van der Waals surface area contributed by atoms with Gasteiger partial charge < -0.3 is 15.1 Å². The van der Waals surface area contributed by atoms with Crippen LogP contribution in [0.4, 0.5) is 0 Å². The molecule has 2 amide bonds. The molecular weight excluding hydrogens is 320 g/mol. The number of aromatic nitrogens is 2. The Bertz CT molecular complexity index is 740. The Kier molecular flexibility index (Phi) is 4.99. The maximum Gasteiger partial charge on any atom is 0.437 e. The summed E-state index contributed by atoms with van der Waals surface area (Å²) < 4.78 is 5.92. The first-order valence-corrected chi connectivity index (χ1v) is 7.82. The molecular formula is C14H18N4O4S. The van der Waals surface area contributed by atoms with Crippen LogP contribution in [-0.2, 0) is 16.1 Å². The van der Waals surface area contributed by atoms with Crippen LogP contribution in [0, 0.1) is 0 Å². The zero-order chi connectivity index (χ0) is 17.0. The molecule has 0 atom stereocenters. The maximum absolute atomic E-state index is 11.8. The number of carbonyl (C=O) groups is 2. The summed E-state index contributed by atoms with van der Waals surface area (Å²) in [6.07, 6.45) is 0. The van der Waals surface area contributed by atoms with E-state index in [9.17, 15) is 14.4 Å². The summed E-state index contributed by atoms with van der Waals surface area (Å²) in [5, 5.41) is 10.9. The zero-order valence-electron chi connectivity index (χ0n) is 13.1. The molecule has 2 rings (SSSR count). The molecule has 0 aliphatic heterocycles. The Hall–Kier alpha value is -2.42. The zero-order valence-corrected chi connectivity index (χ0v) is 13.9. The van der Waals surface area contributed by atoms with Crippen LogP contribution >= 0.6 is 11.3 Å². The second-order valence-corrected chi connectivity index (χ2v) is 6.83. The molecule has 2 heterocycles. The van der Waals surface area contributed by atoms with E-state index in [1.165, 1.54) is 11.3 Å². The van der Waals surface area contributed by atoms with Gasteiger partial charge >= 0.3 is 5.76 Å². The van der Waals surface area contributed by atoms with Gasteiger partial charge in [-0.2, -0.15) is 4.68 Å². The van der Waals surface area contributed by atoms with Gasteiger partial charge in [-0.1, -0.05) is 6.07 Å². The highest BCUT2D eigenvalue weighted by Gasteiger charge is 2.16. The molecule has 23 heavy (non-hydrogen) atoms. The lowest BCUT2D eigenvalue weighted by molar-refractivity contribution is -0.127. The van der Waals surface area contributed by atoms with Crippen LogP contribution in [0.5, 0.6) is 0 Å². The van der Waals surface area contributed by atoms with Crippen LogP contribution in [0.3, 0.4) is 0 Å². The fourth-order valence-corrected chi connectivity index (χ4v) is 2.38. The number of rotatable bonds is 5. The summed E-state index contributed by atoms with van der Waals surface area (Å²) >= 11 is 1.37. The van der Waals surface area contributed by atoms with Crippen molar-refractivity contribution in [1.82, 2.24) is 20.4 Å². The minimum absolute atomic E-state index is 0.166. The fraction of sp³-hybridized carbons (Fsp3) is 0.429. The molecule has 0 spiro atoms. The van der Waals surface area contributed by atoms with E-state index in [2.05, 4.69) is 15.7 Å². The number of carbonyl (C=O) groups excluding carboxylic acids is 2. The van der Waals surface area contributed by atoms with Crippen LogP contribution in [0.25, 0.3) is 10.8 Å². The first kappa shape index (κ1) is 16.9. The van der Waals surface area contributed by atoms with Crippen molar-refractivity contribution in [2.75, 3.05) is 6.54 Å². The molecule has 0 saturated carbocycles. The van der Waals surface area contributed by atoms with E-state index in [-0.39, 0.29) is 30.4 Å². The molecule has 0 saturated heterocycles. The first-order valence-electron chi connectivity index (χ1n) is 6.94. The van der Waals surface area contributed by atoms with E-state index >= 15 is 0 Å². The van der Waals surface area contributed by atoms with Crippen LogP contribution in [0.15, 0.2) is 26.7 Å². The summed E-state index contributed by atoms with van der Waals surface area (Å²) in [5.74, 6) is -1.36. The lowest BCUT2D eigenvalue weighted by atomic mass is 10.1. The molecule has 0 fully saturated rings. The molecule has 0 bridgehead atoms. The van der Waals surface area contributed by atoms with Crippen LogP contribution in [0.1, 0.15) is 20.8 Å². The third-order valence-electron chi connectivity index (χ3n) is 2.59. The monoisotopic (exact) mass is 338 g/mol. The van der Waals surface area contributed by atoms with Crippen molar-refractivity contribution in [3.05, 3.63) is 28.1 Å². The van der Waals surface area contributed by atoms with Gasteiger partial charge in [0.2, 0.25) is 11.8 Å². The first-order chi connectivity index (χ1) is 10.7. The fourth-order valence-electron chi connectivity index (χ4n) is 1.74. The van der Waals surface area contributed by atoms with Crippen LogP contribution in [0.2, 0.25) is 0 Å². The van der Waals surface area contributed by atoms with Gasteiger partial charge in [-0.25, -0.2) is 4.79 Å². The van der Waals surface area contributed by atoms with Gasteiger partial charge in [-0.05, 0) is 32.2 Å². The van der Waals surface area contributed by atoms with E-state index in [1.807, 2.05) is 26.2 Å². The number of thiophene rings is 1. The molecule has 2 aromatic rings. The van der Waals surface area contributed by atoms with Gasteiger partial charge in [0, 0.05) is 5.54 Å². The Morgan fingerprint density at radius 2 is 2.09 bits per heavy atom. The maximum atomic E-state index is 11.8. The molecule has 0 radical (unpaired) electrons. The quantitative estimate of drug-likeness (QED) is 0.830. The van der Waals surface area contributed by atoms with Crippen molar-refractivity contribution >= 4 is 23.2 Å². The van der Waals surface area contributed by atoms with Gasteiger partial charge in [-0.3, -0.25) is 9.59 Å². The average molecular weight is 338 g/mol. The van der Waals surface area contributed by atoms with Gasteiger partial charge in [-0.15, -0.1) is 16.4 Å². The van der Waals surface area contributed by atoms with E-state index in [0.29, 0.717) is 4.88 Å². The minimum atomic E-state index is -0.720. The predicted molar refractivity (Wildman–Crippen MR) is 85.0 cm³/mol. The second kappa shape index (κ2) is 6.78. The topological polar surface area (TPSA) is 106 Å². The van der Waals surface area contributed by atoms with Crippen LogP contribution in [-0.4, -0.2) is 33.7 Å². The highest BCUT2D eigenvalue weighted by Crippen LogP contribution is 2.20. The molecule has 8 nitrogen and oxygen atoms in total. The Morgan fingerprint density at radius 3 is 2.70 bits per heavy atom. The van der Waals surface area contributed by atoms with E-state index in [0.717, 1.165) is 4.68 Å². The summed E-state index contributed by atoms with van der Waals surface area (Å²) in [7, 11) is 0. The van der Waals surface area contributed by atoms with Crippen molar-refractivity contribution in [2.24, 2.45) is 0 Å². The Labute approximate surface area is 136 Å². The van der Waals surface area contributed by atoms with Gasteiger partial charge in [0.25, 0.3) is 5.89 Å². The van der Waals surface area contributed by atoms with Crippen molar-refractivity contribution < 1.29 is 14.0 Å². The highest BCUT2D eigenvalue weighted by atomic mass is 32.1. The number of nitrogens with one attached hydrogen (secondary N) is 2. The van der Waals surface area contributed by atoms with E-state index in [1.54, 1.807) is 12.1 Å². The molecule has 2 N–H and O–H groups in total. The number of hydrogen-bond acceptors (Lipinski definition) is 6. The minimum Gasteiger partial charge on any atom is -0.387 e. The average Bonchev–Trinajstić information content (AvgIpc) is 3.05. The summed E-state index contributed by atoms with van der Waals surface area (Å²) in [5.41, 5.74) is -0.375. The smallest absolute Gasteiger partial charge is 0.387 e. The molecule has 9 heteroatoms. The van der Waals surface area contributed by atoms with Crippen LogP contribution < -0.4 is 16.4 Å². The molecule has 0 unspecified atom stereocenters. The number of hydrogen-bond donors (Lipinski definition) is 2.